The molecule has 162 valence electrons. The van der Waals surface area contributed by atoms with Crippen molar-refractivity contribution in [3.8, 4) is 11.5 Å². The van der Waals surface area contributed by atoms with Gasteiger partial charge in [0.15, 0.2) is 16.7 Å². The monoisotopic (exact) mass is 437 g/mol. The zero-order chi connectivity index (χ0) is 21.6. The number of likely N-dealkylation sites (N-methyl/N-ethyl adjacent to an activating group) is 1. The Hall–Kier alpha value is -2.77. The van der Waals surface area contributed by atoms with E-state index >= 15 is 0 Å². The molecule has 31 heavy (non-hydrogen) atoms. The minimum atomic E-state index is -0.179. The molecule has 7 heteroatoms. The number of hydrogen-bond donors (Lipinski definition) is 0. The number of ether oxygens (including phenoxy) is 2. The van der Waals surface area contributed by atoms with Crippen LogP contribution in [0, 0.1) is 0 Å². The summed E-state index contributed by atoms with van der Waals surface area (Å²) in [6.45, 7) is 7.52. The molecule has 0 atom stereocenters. The lowest BCUT2D eigenvalue weighted by Crippen LogP contribution is -2.47. The molecule has 0 radical (unpaired) electrons. The van der Waals surface area contributed by atoms with Gasteiger partial charge in [-0.2, -0.15) is 4.99 Å². The quantitative estimate of drug-likeness (QED) is 0.640. The van der Waals surface area contributed by atoms with Crippen LogP contribution < -0.4 is 9.47 Å². The molecule has 0 aliphatic carbocycles. The second kappa shape index (κ2) is 10.0. The van der Waals surface area contributed by atoms with E-state index in [2.05, 4.69) is 21.7 Å². The molecule has 2 aromatic carbocycles. The molecule has 1 saturated heterocycles. The zero-order valence-electron chi connectivity index (χ0n) is 17.9. The van der Waals surface area contributed by atoms with E-state index in [0.717, 1.165) is 49.0 Å². The van der Waals surface area contributed by atoms with E-state index in [1.807, 2.05) is 54.6 Å². The van der Waals surface area contributed by atoms with Gasteiger partial charge in [-0.15, -0.1) is 0 Å². The van der Waals surface area contributed by atoms with E-state index < -0.39 is 0 Å². The molecule has 0 N–H and O–H groups in total. The molecule has 0 unspecified atom stereocenters. The number of benzene rings is 2. The molecule has 0 bridgehead atoms. The molecule has 2 aromatic rings. The van der Waals surface area contributed by atoms with Gasteiger partial charge in [0.25, 0.3) is 5.91 Å². The maximum absolute atomic E-state index is 12.5. The average Bonchev–Trinajstić information content (AvgIpc) is 3.18. The van der Waals surface area contributed by atoms with Crippen LogP contribution >= 0.6 is 11.8 Å². The van der Waals surface area contributed by atoms with Crippen LogP contribution in [0.1, 0.15) is 18.1 Å². The minimum absolute atomic E-state index is 0.179. The number of piperazine rings is 1. The summed E-state index contributed by atoms with van der Waals surface area (Å²) in [6, 6.07) is 15.7. The SMILES string of the molecule is CCN1CCN(C2=NC(=O)/C(=C/c3ccc(OCc4ccccc4)c(OC)c3)S2)CC1. The third-order valence-electron chi connectivity index (χ3n) is 5.42. The number of amides is 1. The van der Waals surface area contributed by atoms with Gasteiger partial charge in [0, 0.05) is 26.2 Å². The summed E-state index contributed by atoms with van der Waals surface area (Å²) in [4.78, 5) is 22.0. The first-order chi connectivity index (χ1) is 15.2. The van der Waals surface area contributed by atoms with Crippen LogP contribution in [0.2, 0.25) is 0 Å². The minimum Gasteiger partial charge on any atom is -0.493 e. The van der Waals surface area contributed by atoms with Crippen LogP contribution in [-0.4, -0.2) is 60.7 Å². The highest BCUT2D eigenvalue weighted by atomic mass is 32.2. The van der Waals surface area contributed by atoms with Gasteiger partial charge in [0.2, 0.25) is 0 Å². The van der Waals surface area contributed by atoms with Gasteiger partial charge in [0.05, 0.1) is 12.0 Å². The van der Waals surface area contributed by atoms with Crippen LogP contribution in [0.3, 0.4) is 0 Å². The van der Waals surface area contributed by atoms with Crippen molar-refractivity contribution in [2.24, 2.45) is 4.99 Å². The Morgan fingerprint density at radius 3 is 2.55 bits per heavy atom. The third kappa shape index (κ3) is 5.29. The van der Waals surface area contributed by atoms with Gasteiger partial charge in [-0.05, 0) is 47.6 Å². The number of methoxy groups -OCH3 is 1. The van der Waals surface area contributed by atoms with Crippen molar-refractivity contribution in [1.29, 1.82) is 0 Å². The van der Waals surface area contributed by atoms with E-state index in [0.29, 0.717) is 23.0 Å². The summed E-state index contributed by atoms with van der Waals surface area (Å²) >= 11 is 1.45. The average molecular weight is 438 g/mol. The van der Waals surface area contributed by atoms with E-state index in [9.17, 15) is 4.79 Å². The highest BCUT2D eigenvalue weighted by molar-refractivity contribution is 8.18. The molecular weight excluding hydrogens is 410 g/mol. The molecule has 1 fully saturated rings. The highest BCUT2D eigenvalue weighted by Gasteiger charge is 2.28. The maximum Gasteiger partial charge on any atom is 0.286 e. The number of nitrogens with zero attached hydrogens (tertiary/aromatic N) is 3. The van der Waals surface area contributed by atoms with Crippen LogP contribution in [0.15, 0.2) is 58.4 Å². The molecule has 6 nitrogen and oxygen atoms in total. The second-order valence-electron chi connectivity index (χ2n) is 7.42. The molecule has 2 heterocycles. The fraction of sp³-hybridized carbons (Fsp3) is 0.333. The summed E-state index contributed by atoms with van der Waals surface area (Å²) < 4.78 is 11.4. The molecule has 2 aliphatic heterocycles. The van der Waals surface area contributed by atoms with E-state index in [1.54, 1.807) is 7.11 Å². The lowest BCUT2D eigenvalue weighted by Gasteiger charge is -2.34. The summed E-state index contributed by atoms with van der Waals surface area (Å²) in [5, 5.41) is 0.807. The van der Waals surface area contributed by atoms with Crippen LogP contribution in [0.5, 0.6) is 11.5 Å². The molecule has 0 aromatic heterocycles. The van der Waals surface area contributed by atoms with Gasteiger partial charge in [0.1, 0.15) is 6.61 Å². The van der Waals surface area contributed by atoms with Crippen molar-refractivity contribution in [3.05, 3.63) is 64.6 Å². The Morgan fingerprint density at radius 2 is 1.84 bits per heavy atom. The Bertz CT molecular complexity index is 983. The first-order valence-corrected chi connectivity index (χ1v) is 11.3. The number of rotatable bonds is 6. The Morgan fingerprint density at radius 1 is 1.06 bits per heavy atom. The number of amidine groups is 1. The number of thioether (sulfide) groups is 1. The van der Waals surface area contributed by atoms with E-state index in [4.69, 9.17) is 9.47 Å². The Kier molecular flexibility index (Phi) is 6.94. The van der Waals surface area contributed by atoms with Crippen LogP contribution in [0.4, 0.5) is 0 Å². The van der Waals surface area contributed by atoms with Crippen molar-refractivity contribution in [2.45, 2.75) is 13.5 Å². The molecule has 4 rings (SSSR count). The fourth-order valence-corrected chi connectivity index (χ4v) is 4.53. The molecule has 1 amide bonds. The van der Waals surface area contributed by atoms with Gasteiger partial charge in [-0.25, -0.2) is 0 Å². The van der Waals surface area contributed by atoms with Gasteiger partial charge in [-0.3, -0.25) is 4.79 Å². The van der Waals surface area contributed by atoms with Crippen molar-refractivity contribution in [2.75, 3.05) is 39.8 Å². The van der Waals surface area contributed by atoms with Crippen LogP contribution in [0.25, 0.3) is 6.08 Å². The normalized spacial score (nSPS) is 18.4. The molecule has 0 spiro atoms. The highest BCUT2D eigenvalue weighted by Crippen LogP contribution is 2.34. The van der Waals surface area contributed by atoms with Gasteiger partial charge < -0.3 is 19.3 Å². The smallest absolute Gasteiger partial charge is 0.286 e. The van der Waals surface area contributed by atoms with Gasteiger partial charge >= 0.3 is 0 Å². The lowest BCUT2D eigenvalue weighted by atomic mass is 10.2. The van der Waals surface area contributed by atoms with E-state index in [-0.39, 0.29) is 5.91 Å². The molecular formula is C24H27N3O3S. The molecule has 2 aliphatic rings. The Balaban J connectivity index is 1.42. The van der Waals surface area contributed by atoms with Crippen molar-refractivity contribution in [1.82, 2.24) is 9.80 Å². The number of aliphatic imine (C=N–C) groups is 1. The van der Waals surface area contributed by atoms with E-state index in [1.165, 1.54) is 11.8 Å². The third-order valence-corrected chi connectivity index (χ3v) is 6.47. The first kappa shape index (κ1) is 21.5. The lowest BCUT2D eigenvalue weighted by molar-refractivity contribution is -0.113. The van der Waals surface area contributed by atoms with Crippen LogP contribution in [-0.2, 0) is 11.4 Å². The second-order valence-corrected chi connectivity index (χ2v) is 8.43. The largest absolute Gasteiger partial charge is 0.493 e. The fourth-order valence-electron chi connectivity index (χ4n) is 3.57. The topological polar surface area (TPSA) is 54.4 Å². The number of carbonyl (C=O) groups is 1. The summed E-state index contributed by atoms with van der Waals surface area (Å²) in [5.41, 5.74) is 1.97. The van der Waals surface area contributed by atoms with Crippen molar-refractivity contribution in [3.63, 3.8) is 0 Å². The number of carbonyl (C=O) groups excluding carboxylic acids is 1. The summed E-state index contributed by atoms with van der Waals surface area (Å²) in [6.07, 6.45) is 1.87. The maximum atomic E-state index is 12.5. The predicted octanol–water partition coefficient (Wildman–Crippen LogP) is 3.88. The standard InChI is InChI=1S/C24H27N3O3S/c1-3-26-11-13-27(14-12-26)24-25-23(28)22(31-24)16-19-9-10-20(21(15-19)29-2)30-17-18-7-5-4-6-8-18/h4-10,15-16H,3,11-14,17H2,1-2H3/b22-16-. The Labute approximate surface area is 187 Å². The summed E-state index contributed by atoms with van der Waals surface area (Å²) in [7, 11) is 1.62. The zero-order valence-corrected chi connectivity index (χ0v) is 18.7. The summed E-state index contributed by atoms with van der Waals surface area (Å²) in [5.74, 6) is 1.13. The van der Waals surface area contributed by atoms with Gasteiger partial charge in [-0.1, -0.05) is 43.3 Å². The number of hydrogen-bond acceptors (Lipinski definition) is 6. The van der Waals surface area contributed by atoms with Crippen molar-refractivity contribution >= 4 is 28.9 Å². The van der Waals surface area contributed by atoms with Crippen molar-refractivity contribution < 1.29 is 14.3 Å². The first-order valence-electron chi connectivity index (χ1n) is 10.5. The molecule has 0 saturated carbocycles. The predicted molar refractivity (Wildman–Crippen MR) is 125 cm³/mol.